The van der Waals surface area contributed by atoms with Crippen molar-refractivity contribution >= 4 is 16.9 Å². The van der Waals surface area contributed by atoms with Crippen LogP contribution in [0.5, 0.6) is 0 Å². The number of aliphatic hydroxyl groups is 1. The summed E-state index contributed by atoms with van der Waals surface area (Å²) in [5.41, 5.74) is 6.69. The number of nitrogens with zero attached hydrogens (tertiary/aromatic N) is 2. The molecule has 0 spiro atoms. The van der Waals surface area contributed by atoms with Crippen LogP contribution < -0.4 is 5.73 Å². The number of benzene rings is 1. The van der Waals surface area contributed by atoms with E-state index in [2.05, 4.69) is 4.98 Å². The number of carbonyl (C=O) groups is 1. The standard InChI is InChI=1S/C10H11N3O2/c11-9(15)5-13-8-4-2-1-3-7(8)12-10(13)6-14/h1-4,14H,5-6H2,(H2,11,15). The van der Waals surface area contributed by atoms with Crippen LogP contribution in [-0.4, -0.2) is 20.6 Å². The Bertz CT molecular complexity index is 504. The molecule has 0 aliphatic rings. The van der Waals surface area contributed by atoms with E-state index in [9.17, 15) is 4.79 Å². The van der Waals surface area contributed by atoms with E-state index < -0.39 is 5.91 Å². The van der Waals surface area contributed by atoms with Crippen LogP contribution in [0.2, 0.25) is 0 Å². The highest BCUT2D eigenvalue weighted by Gasteiger charge is 2.10. The number of nitrogens with two attached hydrogens (primary N) is 1. The fourth-order valence-electron chi connectivity index (χ4n) is 1.58. The normalized spacial score (nSPS) is 10.7. The number of carbonyl (C=O) groups excluding carboxylic acids is 1. The summed E-state index contributed by atoms with van der Waals surface area (Å²) in [6, 6.07) is 7.37. The minimum atomic E-state index is -0.451. The summed E-state index contributed by atoms with van der Waals surface area (Å²) in [5.74, 6) is 0.00264. The van der Waals surface area contributed by atoms with Crippen LogP contribution in [0.4, 0.5) is 0 Å². The Labute approximate surface area is 86.1 Å². The number of primary amides is 1. The molecule has 3 N–H and O–H groups in total. The molecular formula is C10H11N3O2. The lowest BCUT2D eigenvalue weighted by Gasteiger charge is -2.03. The third-order valence-corrected chi connectivity index (χ3v) is 2.19. The van der Waals surface area contributed by atoms with Crippen molar-refractivity contribution in [2.45, 2.75) is 13.2 Å². The third kappa shape index (κ3) is 1.69. The average Bonchev–Trinajstić information content (AvgIpc) is 2.56. The van der Waals surface area contributed by atoms with Crippen molar-refractivity contribution in [1.82, 2.24) is 9.55 Å². The summed E-state index contributed by atoms with van der Waals surface area (Å²) >= 11 is 0. The molecule has 0 aliphatic heterocycles. The Morgan fingerprint density at radius 2 is 2.20 bits per heavy atom. The molecule has 0 saturated heterocycles. The van der Waals surface area contributed by atoms with E-state index in [-0.39, 0.29) is 13.2 Å². The van der Waals surface area contributed by atoms with E-state index in [1.807, 2.05) is 24.3 Å². The second-order valence-corrected chi connectivity index (χ2v) is 3.23. The first kappa shape index (κ1) is 9.67. The van der Waals surface area contributed by atoms with Crippen LogP contribution in [0, 0.1) is 0 Å². The monoisotopic (exact) mass is 205 g/mol. The molecular weight excluding hydrogens is 194 g/mol. The zero-order chi connectivity index (χ0) is 10.8. The number of aliphatic hydroxyl groups excluding tert-OH is 1. The minimum absolute atomic E-state index is 0.0381. The van der Waals surface area contributed by atoms with E-state index in [0.29, 0.717) is 5.82 Å². The summed E-state index contributed by atoms with van der Waals surface area (Å²) in [4.78, 5) is 15.1. The lowest BCUT2D eigenvalue weighted by atomic mass is 10.3. The molecule has 2 rings (SSSR count). The van der Waals surface area contributed by atoms with Crippen molar-refractivity contribution in [2.24, 2.45) is 5.73 Å². The van der Waals surface area contributed by atoms with Gasteiger partial charge in [-0.25, -0.2) is 4.98 Å². The first-order valence-corrected chi connectivity index (χ1v) is 4.55. The van der Waals surface area contributed by atoms with Gasteiger partial charge < -0.3 is 15.4 Å². The van der Waals surface area contributed by atoms with Crippen LogP contribution in [0.3, 0.4) is 0 Å². The SMILES string of the molecule is NC(=O)Cn1c(CO)nc2ccccc21. The first-order valence-electron chi connectivity index (χ1n) is 4.55. The van der Waals surface area contributed by atoms with Crippen molar-refractivity contribution in [3.63, 3.8) is 0 Å². The number of amides is 1. The zero-order valence-electron chi connectivity index (χ0n) is 8.05. The number of hydrogen-bond acceptors (Lipinski definition) is 3. The number of para-hydroxylation sites is 2. The van der Waals surface area contributed by atoms with Gasteiger partial charge >= 0.3 is 0 Å². The van der Waals surface area contributed by atoms with Crippen molar-refractivity contribution in [3.05, 3.63) is 30.1 Å². The molecule has 1 aromatic carbocycles. The number of hydrogen-bond donors (Lipinski definition) is 2. The average molecular weight is 205 g/mol. The van der Waals surface area contributed by atoms with Gasteiger partial charge in [0, 0.05) is 0 Å². The Hall–Kier alpha value is -1.88. The maximum absolute atomic E-state index is 10.9. The summed E-state index contributed by atoms with van der Waals surface area (Å²) in [6.07, 6.45) is 0. The lowest BCUT2D eigenvalue weighted by molar-refractivity contribution is -0.118. The zero-order valence-corrected chi connectivity index (χ0v) is 8.05. The first-order chi connectivity index (χ1) is 7.22. The van der Waals surface area contributed by atoms with Gasteiger partial charge in [-0.2, -0.15) is 0 Å². The molecule has 15 heavy (non-hydrogen) atoms. The number of rotatable bonds is 3. The molecule has 78 valence electrons. The van der Waals surface area contributed by atoms with Crippen LogP contribution in [-0.2, 0) is 17.9 Å². The van der Waals surface area contributed by atoms with Crippen molar-refractivity contribution in [1.29, 1.82) is 0 Å². The van der Waals surface area contributed by atoms with Crippen molar-refractivity contribution in [3.8, 4) is 0 Å². The van der Waals surface area contributed by atoms with Crippen LogP contribution in [0.25, 0.3) is 11.0 Å². The molecule has 1 aromatic heterocycles. The Balaban J connectivity index is 2.61. The van der Waals surface area contributed by atoms with E-state index in [4.69, 9.17) is 10.8 Å². The summed E-state index contributed by atoms with van der Waals surface area (Å²) in [6.45, 7) is -0.168. The number of imidazole rings is 1. The third-order valence-electron chi connectivity index (χ3n) is 2.19. The van der Waals surface area contributed by atoms with Gasteiger partial charge in [0.25, 0.3) is 0 Å². The Morgan fingerprint density at radius 1 is 1.47 bits per heavy atom. The second-order valence-electron chi connectivity index (χ2n) is 3.23. The number of fused-ring (bicyclic) bond motifs is 1. The summed E-state index contributed by atoms with van der Waals surface area (Å²) < 4.78 is 1.62. The van der Waals surface area contributed by atoms with Gasteiger partial charge in [-0.1, -0.05) is 12.1 Å². The van der Waals surface area contributed by atoms with Crippen LogP contribution in [0.15, 0.2) is 24.3 Å². The molecule has 5 nitrogen and oxygen atoms in total. The number of aromatic nitrogens is 2. The van der Waals surface area contributed by atoms with E-state index in [1.165, 1.54) is 0 Å². The van der Waals surface area contributed by atoms with Crippen LogP contribution in [0.1, 0.15) is 5.82 Å². The van der Waals surface area contributed by atoms with Gasteiger partial charge in [-0.05, 0) is 12.1 Å². The Kier molecular flexibility index (Phi) is 2.39. The predicted octanol–water partition coefficient (Wildman–Crippen LogP) is 0.0139. The molecule has 0 radical (unpaired) electrons. The highest BCUT2D eigenvalue weighted by molar-refractivity contribution is 5.80. The van der Waals surface area contributed by atoms with Gasteiger partial charge in [-0.3, -0.25) is 4.79 Å². The maximum atomic E-state index is 10.9. The van der Waals surface area contributed by atoms with Gasteiger partial charge in [0.1, 0.15) is 19.0 Å². The van der Waals surface area contributed by atoms with Crippen LogP contribution >= 0.6 is 0 Å². The van der Waals surface area contributed by atoms with E-state index in [0.717, 1.165) is 11.0 Å². The molecule has 1 amide bonds. The maximum Gasteiger partial charge on any atom is 0.237 e. The van der Waals surface area contributed by atoms with E-state index in [1.54, 1.807) is 4.57 Å². The van der Waals surface area contributed by atoms with Gasteiger partial charge in [0.2, 0.25) is 5.91 Å². The minimum Gasteiger partial charge on any atom is -0.388 e. The Morgan fingerprint density at radius 3 is 2.87 bits per heavy atom. The predicted molar refractivity (Wildman–Crippen MR) is 54.9 cm³/mol. The quantitative estimate of drug-likeness (QED) is 0.740. The smallest absolute Gasteiger partial charge is 0.237 e. The molecule has 5 heteroatoms. The molecule has 0 saturated carbocycles. The molecule has 1 heterocycles. The fraction of sp³-hybridized carbons (Fsp3) is 0.200. The molecule has 0 atom stereocenters. The van der Waals surface area contributed by atoms with Gasteiger partial charge in [-0.15, -0.1) is 0 Å². The van der Waals surface area contributed by atoms with Crippen molar-refractivity contribution < 1.29 is 9.90 Å². The van der Waals surface area contributed by atoms with Gasteiger partial charge in [0.15, 0.2) is 0 Å². The topological polar surface area (TPSA) is 81.1 Å². The van der Waals surface area contributed by atoms with Crippen molar-refractivity contribution in [2.75, 3.05) is 0 Å². The molecule has 0 bridgehead atoms. The molecule has 0 fully saturated rings. The van der Waals surface area contributed by atoms with Gasteiger partial charge in [0.05, 0.1) is 11.0 Å². The summed E-state index contributed by atoms with van der Waals surface area (Å²) in [5, 5.41) is 9.10. The fourth-order valence-corrected chi connectivity index (χ4v) is 1.58. The largest absolute Gasteiger partial charge is 0.388 e. The second kappa shape index (κ2) is 3.70. The summed E-state index contributed by atoms with van der Waals surface area (Å²) in [7, 11) is 0. The lowest BCUT2D eigenvalue weighted by Crippen LogP contribution is -2.20. The highest BCUT2D eigenvalue weighted by Crippen LogP contribution is 2.15. The van der Waals surface area contributed by atoms with E-state index >= 15 is 0 Å². The molecule has 2 aromatic rings. The molecule has 0 unspecified atom stereocenters. The molecule has 0 aliphatic carbocycles. The highest BCUT2D eigenvalue weighted by atomic mass is 16.3.